The Morgan fingerprint density at radius 1 is 1.41 bits per heavy atom. The van der Waals surface area contributed by atoms with Crippen LogP contribution in [0.25, 0.3) is 10.9 Å². The van der Waals surface area contributed by atoms with E-state index < -0.39 is 5.97 Å². The molecule has 3 heteroatoms. The van der Waals surface area contributed by atoms with Gasteiger partial charge in [-0.2, -0.15) is 0 Å². The number of nitrogens with zero attached hydrogens (tertiary/aromatic N) is 1. The molecule has 0 radical (unpaired) electrons. The minimum absolute atomic E-state index is 0.0314. The highest BCUT2D eigenvalue weighted by Crippen LogP contribution is 2.23. The molecule has 0 unspecified atom stereocenters. The van der Waals surface area contributed by atoms with Gasteiger partial charge in [-0.3, -0.25) is 4.79 Å². The number of carboxylic acids is 1. The largest absolute Gasteiger partial charge is 0.480 e. The van der Waals surface area contributed by atoms with Gasteiger partial charge in [0.25, 0.3) is 0 Å². The number of fused-ring (bicyclic) bond motifs is 1. The second-order valence-corrected chi connectivity index (χ2v) is 4.45. The molecule has 0 amide bonds. The molecule has 0 saturated heterocycles. The van der Waals surface area contributed by atoms with Crippen LogP contribution in [0, 0.1) is 6.92 Å². The van der Waals surface area contributed by atoms with Crippen LogP contribution < -0.4 is 0 Å². The molecule has 0 bridgehead atoms. The van der Waals surface area contributed by atoms with Crippen LogP contribution in [0.1, 0.15) is 24.5 Å². The van der Waals surface area contributed by atoms with Gasteiger partial charge in [0.1, 0.15) is 6.54 Å². The number of aliphatic carboxylic acids is 1. The fraction of sp³-hybridized carbons (Fsp3) is 0.357. The Hall–Kier alpha value is -1.77. The lowest BCUT2D eigenvalue weighted by molar-refractivity contribution is -0.137. The van der Waals surface area contributed by atoms with Crippen molar-refractivity contribution in [3.05, 3.63) is 35.5 Å². The number of rotatable bonds is 4. The Morgan fingerprint density at radius 2 is 2.18 bits per heavy atom. The maximum atomic E-state index is 10.8. The molecular formula is C14H17NO2. The summed E-state index contributed by atoms with van der Waals surface area (Å²) >= 11 is 0. The summed E-state index contributed by atoms with van der Waals surface area (Å²) in [6.07, 6.45) is 4.04. The topological polar surface area (TPSA) is 42.2 Å². The summed E-state index contributed by atoms with van der Waals surface area (Å²) < 4.78 is 1.83. The van der Waals surface area contributed by atoms with E-state index >= 15 is 0 Å². The zero-order valence-electron chi connectivity index (χ0n) is 10.2. The van der Waals surface area contributed by atoms with Crippen molar-refractivity contribution >= 4 is 16.9 Å². The smallest absolute Gasteiger partial charge is 0.323 e. The zero-order valence-corrected chi connectivity index (χ0v) is 10.2. The molecule has 2 rings (SSSR count). The predicted octanol–water partition coefficient (Wildman–Crippen LogP) is 2.99. The highest BCUT2D eigenvalue weighted by molar-refractivity contribution is 5.85. The quantitative estimate of drug-likeness (QED) is 0.879. The molecule has 17 heavy (non-hydrogen) atoms. The van der Waals surface area contributed by atoms with Gasteiger partial charge in [-0.1, -0.05) is 25.5 Å². The van der Waals surface area contributed by atoms with Crippen molar-refractivity contribution in [2.45, 2.75) is 33.2 Å². The zero-order chi connectivity index (χ0) is 12.4. The summed E-state index contributed by atoms with van der Waals surface area (Å²) in [4.78, 5) is 10.8. The predicted molar refractivity (Wildman–Crippen MR) is 68.3 cm³/mol. The Bertz CT molecular complexity index is 555. The van der Waals surface area contributed by atoms with E-state index in [0.29, 0.717) is 0 Å². The summed E-state index contributed by atoms with van der Waals surface area (Å²) in [5, 5.41) is 10.1. The molecule has 1 aromatic heterocycles. The molecule has 0 aliphatic rings. The molecule has 0 atom stereocenters. The van der Waals surface area contributed by atoms with Gasteiger partial charge in [0.2, 0.25) is 0 Å². The first-order valence-corrected chi connectivity index (χ1v) is 5.92. The van der Waals surface area contributed by atoms with Gasteiger partial charge in [-0.15, -0.1) is 0 Å². The van der Waals surface area contributed by atoms with E-state index in [9.17, 15) is 4.79 Å². The van der Waals surface area contributed by atoms with E-state index in [2.05, 4.69) is 25.1 Å². The van der Waals surface area contributed by atoms with E-state index in [0.717, 1.165) is 23.9 Å². The van der Waals surface area contributed by atoms with Crippen LogP contribution >= 0.6 is 0 Å². The summed E-state index contributed by atoms with van der Waals surface area (Å²) in [6, 6.07) is 6.22. The Kier molecular flexibility index (Phi) is 3.18. The van der Waals surface area contributed by atoms with Crippen LogP contribution in [0.2, 0.25) is 0 Å². The van der Waals surface area contributed by atoms with Crippen molar-refractivity contribution < 1.29 is 9.90 Å². The highest BCUT2D eigenvalue weighted by Gasteiger charge is 2.10. The van der Waals surface area contributed by atoms with E-state index in [1.807, 2.05) is 17.7 Å². The molecule has 2 aromatic rings. The monoisotopic (exact) mass is 231 g/mol. The Morgan fingerprint density at radius 3 is 2.82 bits per heavy atom. The van der Waals surface area contributed by atoms with Gasteiger partial charge in [0.15, 0.2) is 0 Å². The Labute approximate surface area is 101 Å². The lowest BCUT2D eigenvalue weighted by Crippen LogP contribution is -2.07. The maximum Gasteiger partial charge on any atom is 0.323 e. The van der Waals surface area contributed by atoms with Gasteiger partial charge in [-0.05, 0) is 30.5 Å². The van der Waals surface area contributed by atoms with Crippen LogP contribution in [-0.2, 0) is 17.8 Å². The minimum atomic E-state index is -0.800. The average Bonchev–Trinajstić information content (AvgIpc) is 2.56. The lowest BCUT2D eigenvalue weighted by atomic mass is 10.1. The summed E-state index contributed by atoms with van der Waals surface area (Å²) in [5.41, 5.74) is 3.42. The lowest BCUT2D eigenvalue weighted by Gasteiger charge is -2.01. The van der Waals surface area contributed by atoms with Crippen LogP contribution in [0.3, 0.4) is 0 Å². The van der Waals surface area contributed by atoms with Gasteiger partial charge in [-0.25, -0.2) is 0 Å². The maximum absolute atomic E-state index is 10.8. The first kappa shape index (κ1) is 11.7. The number of carboxylic acid groups (broad SMARTS) is 1. The van der Waals surface area contributed by atoms with Crippen LogP contribution in [0.5, 0.6) is 0 Å². The summed E-state index contributed by atoms with van der Waals surface area (Å²) in [7, 11) is 0. The SMILES string of the molecule is CCCc1cn(CC(=O)O)c2cc(C)ccc12. The molecule has 1 aromatic carbocycles. The van der Waals surface area contributed by atoms with Crippen molar-refractivity contribution in [1.82, 2.24) is 4.57 Å². The fourth-order valence-electron chi connectivity index (χ4n) is 2.22. The van der Waals surface area contributed by atoms with Gasteiger partial charge in [0, 0.05) is 17.1 Å². The second-order valence-electron chi connectivity index (χ2n) is 4.45. The van der Waals surface area contributed by atoms with Crippen molar-refractivity contribution in [3.63, 3.8) is 0 Å². The molecule has 1 N–H and O–H groups in total. The number of hydrogen-bond acceptors (Lipinski definition) is 1. The molecular weight excluding hydrogens is 214 g/mol. The van der Waals surface area contributed by atoms with Crippen molar-refractivity contribution in [2.24, 2.45) is 0 Å². The number of aryl methyl sites for hydroxylation is 2. The van der Waals surface area contributed by atoms with E-state index in [4.69, 9.17) is 5.11 Å². The Balaban J connectivity index is 2.57. The molecule has 0 fully saturated rings. The van der Waals surface area contributed by atoms with Crippen LogP contribution in [-0.4, -0.2) is 15.6 Å². The second kappa shape index (κ2) is 4.62. The molecule has 0 aliphatic carbocycles. The molecule has 0 aliphatic heterocycles. The van der Waals surface area contributed by atoms with Crippen molar-refractivity contribution in [1.29, 1.82) is 0 Å². The number of carbonyl (C=O) groups is 1. The third-order valence-electron chi connectivity index (χ3n) is 2.95. The number of aromatic nitrogens is 1. The highest BCUT2D eigenvalue weighted by atomic mass is 16.4. The summed E-state index contributed by atoms with van der Waals surface area (Å²) in [5.74, 6) is -0.800. The van der Waals surface area contributed by atoms with Crippen LogP contribution in [0.15, 0.2) is 24.4 Å². The molecule has 1 heterocycles. The van der Waals surface area contributed by atoms with E-state index in [1.165, 1.54) is 10.9 Å². The van der Waals surface area contributed by atoms with E-state index in [-0.39, 0.29) is 6.54 Å². The molecule has 0 spiro atoms. The number of benzene rings is 1. The molecule has 0 saturated carbocycles. The van der Waals surface area contributed by atoms with Gasteiger partial charge >= 0.3 is 5.97 Å². The molecule has 3 nitrogen and oxygen atoms in total. The van der Waals surface area contributed by atoms with E-state index in [1.54, 1.807) is 0 Å². The molecule has 90 valence electrons. The standard InChI is InChI=1S/C14H17NO2/c1-3-4-11-8-15(9-14(16)17)13-7-10(2)5-6-12(11)13/h5-8H,3-4,9H2,1-2H3,(H,16,17). The van der Waals surface area contributed by atoms with Crippen molar-refractivity contribution in [3.8, 4) is 0 Å². The normalized spacial score (nSPS) is 10.9. The van der Waals surface area contributed by atoms with Crippen LogP contribution in [0.4, 0.5) is 0 Å². The number of hydrogen-bond donors (Lipinski definition) is 1. The fourth-order valence-corrected chi connectivity index (χ4v) is 2.22. The first-order valence-electron chi connectivity index (χ1n) is 5.92. The first-order chi connectivity index (χ1) is 8.11. The summed E-state index contributed by atoms with van der Waals surface area (Å²) in [6.45, 7) is 4.19. The van der Waals surface area contributed by atoms with Gasteiger partial charge in [0.05, 0.1) is 0 Å². The third kappa shape index (κ3) is 2.33. The third-order valence-corrected chi connectivity index (χ3v) is 2.95. The van der Waals surface area contributed by atoms with Crippen molar-refractivity contribution in [2.75, 3.05) is 0 Å². The minimum Gasteiger partial charge on any atom is -0.480 e. The average molecular weight is 231 g/mol. The van der Waals surface area contributed by atoms with Gasteiger partial charge < -0.3 is 9.67 Å².